The van der Waals surface area contributed by atoms with Crippen molar-refractivity contribution in [3.05, 3.63) is 30.1 Å². The van der Waals surface area contributed by atoms with Crippen LogP contribution in [0.2, 0.25) is 0 Å². The number of benzene rings is 1. The van der Waals surface area contributed by atoms with Gasteiger partial charge in [-0.2, -0.15) is 13.2 Å². The number of rotatable bonds is 6. The monoisotopic (exact) mass is 282 g/mol. The van der Waals surface area contributed by atoms with Crippen LogP contribution in [-0.2, 0) is 0 Å². The molecule has 1 atom stereocenters. The first kappa shape index (κ1) is 15.3. The zero-order chi connectivity index (χ0) is 13.6. The van der Waals surface area contributed by atoms with Crippen LogP contribution in [-0.4, -0.2) is 18.0 Å². The topological polar surface area (TPSA) is 38.0 Å². The summed E-state index contributed by atoms with van der Waals surface area (Å²) >= 11 is 1.34. The molecule has 102 valence electrons. The largest absolute Gasteiger partial charge is 0.389 e. The van der Waals surface area contributed by atoms with E-state index in [1.165, 1.54) is 23.9 Å². The molecule has 0 aromatic heterocycles. The minimum absolute atomic E-state index is 0.0752. The Kier molecular flexibility index (Phi) is 5.90. The Balaban J connectivity index is 2.37. The molecule has 1 aromatic rings. The first-order chi connectivity index (χ1) is 8.40. The van der Waals surface area contributed by atoms with Gasteiger partial charge < -0.3 is 0 Å². The lowest BCUT2D eigenvalue weighted by molar-refractivity contribution is -0.136. The number of nitrogens with two attached hydrogens (primary N) is 1. The number of hydrogen-bond acceptors (Lipinski definition) is 3. The molecule has 0 fully saturated rings. The highest BCUT2D eigenvalue weighted by Crippen LogP contribution is 2.25. The molecular formula is C11H14F4N2S. The zero-order valence-electron chi connectivity index (χ0n) is 9.51. The van der Waals surface area contributed by atoms with Crippen molar-refractivity contribution in [2.75, 3.05) is 5.75 Å². The van der Waals surface area contributed by atoms with Crippen LogP contribution in [0.3, 0.4) is 0 Å². The van der Waals surface area contributed by atoms with Gasteiger partial charge in [0.05, 0.1) is 0 Å². The second-order valence-electron chi connectivity index (χ2n) is 3.78. The van der Waals surface area contributed by atoms with Gasteiger partial charge in [0.15, 0.2) is 0 Å². The van der Waals surface area contributed by atoms with Crippen molar-refractivity contribution < 1.29 is 17.6 Å². The number of hydrazine groups is 1. The van der Waals surface area contributed by atoms with E-state index in [4.69, 9.17) is 5.84 Å². The molecule has 0 aliphatic heterocycles. The summed E-state index contributed by atoms with van der Waals surface area (Å²) < 4.78 is 48.8. The molecule has 0 amide bonds. The minimum atomic E-state index is -4.17. The van der Waals surface area contributed by atoms with Crippen LogP contribution in [0.4, 0.5) is 17.6 Å². The van der Waals surface area contributed by atoms with E-state index in [0.29, 0.717) is 5.75 Å². The molecule has 0 aliphatic carbocycles. The first-order valence-corrected chi connectivity index (χ1v) is 6.30. The van der Waals surface area contributed by atoms with Crippen LogP contribution in [0.25, 0.3) is 0 Å². The smallest absolute Gasteiger partial charge is 0.271 e. The summed E-state index contributed by atoms with van der Waals surface area (Å²) in [6, 6.07) is 5.35. The SMILES string of the molecule is NNC(CCC(F)(F)F)CSc1ccc(F)cc1. The lowest BCUT2D eigenvalue weighted by atomic mass is 10.2. The second kappa shape index (κ2) is 6.96. The van der Waals surface area contributed by atoms with E-state index in [2.05, 4.69) is 5.43 Å². The molecule has 1 unspecified atom stereocenters. The summed E-state index contributed by atoms with van der Waals surface area (Å²) in [5.41, 5.74) is 2.36. The maximum Gasteiger partial charge on any atom is 0.389 e. The molecule has 0 aliphatic rings. The van der Waals surface area contributed by atoms with Crippen molar-refractivity contribution in [2.45, 2.75) is 30.0 Å². The van der Waals surface area contributed by atoms with Crippen LogP contribution in [0.1, 0.15) is 12.8 Å². The third-order valence-electron chi connectivity index (χ3n) is 2.28. The van der Waals surface area contributed by atoms with Gasteiger partial charge in [0.25, 0.3) is 0 Å². The molecule has 0 heterocycles. The summed E-state index contributed by atoms with van der Waals surface area (Å²) in [7, 11) is 0. The lowest BCUT2D eigenvalue weighted by Gasteiger charge is -2.16. The molecule has 2 nitrogen and oxygen atoms in total. The summed E-state index contributed by atoms with van der Waals surface area (Å²) in [5, 5.41) is 0. The predicted octanol–water partition coefficient (Wildman–Crippen LogP) is 3.09. The summed E-state index contributed by atoms with van der Waals surface area (Å²) in [5.74, 6) is 5.26. The molecule has 0 saturated carbocycles. The second-order valence-corrected chi connectivity index (χ2v) is 4.88. The van der Waals surface area contributed by atoms with Crippen molar-refractivity contribution >= 4 is 11.8 Å². The van der Waals surface area contributed by atoms with Crippen molar-refractivity contribution in [2.24, 2.45) is 5.84 Å². The molecule has 0 spiro atoms. The molecule has 7 heteroatoms. The Labute approximate surface area is 107 Å². The van der Waals surface area contributed by atoms with Gasteiger partial charge in [0.1, 0.15) is 5.82 Å². The van der Waals surface area contributed by atoms with Crippen molar-refractivity contribution in [1.82, 2.24) is 5.43 Å². The molecule has 3 N–H and O–H groups in total. The van der Waals surface area contributed by atoms with Crippen LogP contribution in [0, 0.1) is 5.82 Å². The fourth-order valence-electron chi connectivity index (χ4n) is 1.28. The van der Waals surface area contributed by atoms with Gasteiger partial charge >= 0.3 is 6.18 Å². The standard InChI is InChI=1S/C11H14F4N2S/c12-8-1-3-10(4-2-8)18-7-9(17-16)5-6-11(13,14)15/h1-4,9,17H,5-7,16H2. The molecule has 18 heavy (non-hydrogen) atoms. The summed E-state index contributed by atoms with van der Waals surface area (Å²) in [4.78, 5) is 0.795. The molecule has 0 saturated heterocycles. The Morgan fingerprint density at radius 1 is 1.22 bits per heavy atom. The van der Waals surface area contributed by atoms with Crippen molar-refractivity contribution in [3.63, 3.8) is 0 Å². The van der Waals surface area contributed by atoms with E-state index in [1.807, 2.05) is 0 Å². The molecule has 1 rings (SSSR count). The van der Waals surface area contributed by atoms with Gasteiger partial charge in [-0.05, 0) is 30.7 Å². The fraction of sp³-hybridized carbons (Fsp3) is 0.455. The normalized spacial score (nSPS) is 13.6. The number of thioether (sulfide) groups is 1. The fourth-order valence-corrected chi connectivity index (χ4v) is 2.27. The highest BCUT2D eigenvalue weighted by molar-refractivity contribution is 7.99. The Hall–Kier alpha value is -0.790. The van der Waals surface area contributed by atoms with E-state index in [9.17, 15) is 17.6 Å². The first-order valence-electron chi connectivity index (χ1n) is 5.32. The van der Waals surface area contributed by atoms with E-state index in [0.717, 1.165) is 4.90 Å². The van der Waals surface area contributed by atoms with Crippen molar-refractivity contribution in [1.29, 1.82) is 0 Å². The van der Waals surface area contributed by atoms with Crippen LogP contribution >= 0.6 is 11.8 Å². The predicted molar refractivity (Wildman–Crippen MR) is 63.5 cm³/mol. The molecular weight excluding hydrogens is 268 g/mol. The third-order valence-corrected chi connectivity index (χ3v) is 3.45. The number of halogens is 4. The maximum absolute atomic E-state index is 12.6. The maximum atomic E-state index is 12.6. The minimum Gasteiger partial charge on any atom is -0.271 e. The van der Waals surface area contributed by atoms with E-state index in [-0.39, 0.29) is 12.2 Å². The van der Waals surface area contributed by atoms with Gasteiger partial charge in [-0.1, -0.05) is 0 Å². The Morgan fingerprint density at radius 3 is 2.33 bits per heavy atom. The van der Waals surface area contributed by atoms with Gasteiger partial charge in [0, 0.05) is 23.1 Å². The van der Waals surface area contributed by atoms with Crippen LogP contribution < -0.4 is 11.3 Å². The van der Waals surface area contributed by atoms with Gasteiger partial charge in [-0.15, -0.1) is 11.8 Å². The van der Waals surface area contributed by atoms with E-state index >= 15 is 0 Å². The molecule has 0 bridgehead atoms. The quantitative estimate of drug-likeness (QED) is 0.364. The van der Waals surface area contributed by atoms with Crippen molar-refractivity contribution in [3.8, 4) is 0 Å². The highest BCUT2D eigenvalue weighted by atomic mass is 32.2. The lowest BCUT2D eigenvalue weighted by Crippen LogP contribution is -2.37. The summed E-state index contributed by atoms with van der Waals surface area (Å²) in [6.07, 6.45) is -5.12. The van der Waals surface area contributed by atoms with E-state index in [1.54, 1.807) is 12.1 Å². The zero-order valence-corrected chi connectivity index (χ0v) is 10.3. The molecule has 1 aromatic carbocycles. The Bertz CT molecular complexity index is 353. The number of hydrogen-bond donors (Lipinski definition) is 2. The Morgan fingerprint density at radius 2 is 1.83 bits per heavy atom. The summed E-state index contributed by atoms with van der Waals surface area (Å²) in [6.45, 7) is 0. The van der Waals surface area contributed by atoms with Gasteiger partial charge in [0.2, 0.25) is 0 Å². The highest BCUT2D eigenvalue weighted by Gasteiger charge is 2.28. The van der Waals surface area contributed by atoms with Gasteiger partial charge in [-0.3, -0.25) is 11.3 Å². The average molecular weight is 282 g/mol. The van der Waals surface area contributed by atoms with Gasteiger partial charge in [-0.25, -0.2) is 4.39 Å². The number of nitrogens with one attached hydrogen (secondary N) is 1. The van der Waals surface area contributed by atoms with Crippen LogP contribution in [0.5, 0.6) is 0 Å². The number of alkyl halides is 3. The third kappa shape index (κ3) is 6.23. The molecule has 0 radical (unpaired) electrons. The van der Waals surface area contributed by atoms with E-state index < -0.39 is 18.6 Å². The van der Waals surface area contributed by atoms with Crippen LogP contribution in [0.15, 0.2) is 29.2 Å². The average Bonchev–Trinajstić information content (AvgIpc) is 2.30.